The first-order chi connectivity index (χ1) is 8.59. The Kier molecular flexibility index (Phi) is 2.91. The molecular weight excluding hydrogens is 236 g/mol. The van der Waals surface area contributed by atoms with Gasteiger partial charge in [0.15, 0.2) is 11.9 Å². The van der Waals surface area contributed by atoms with Gasteiger partial charge in [-0.05, 0) is 0 Å². The molecule has 1 aromatic heterocycles. The van der Waals surface area contributed by atoms with Crippen LogP contribution in [0.4, 0.5) is 5.95 Å². The number of imidazole rings is 1. The molecule has 0 atom stereocenters. The topological polar surface area (TPSA) is 160 Å². The van der Waals surface area contributed by atoms with Crippen LogP contribution in [0.15, 0.2) is 35.0 Å². The van der Waals surface area contributed by atoms with Gasteiger partial charge in [0.25, 0.3) is 0 Å². The minimum atomic E-state index is -0.787. The zero-order valence-electron chi connectivity index (χ0n) is 9.28. The summed E-state index contributed by atoms with van der Waals surface area (Å²) >= 11 is 0. The summed E-state index contributed by atoms with van der Waals surface area (Å²) in [5.74, 6) is -0.134. The standard InChI is InChI=1S/C8H12N10/c9-5(10)17-3-4-18(6(11)12)8(17)16-15-7-13-1-2-14-7/h1-4,8H,(H3,9,10)(H3,11,12)(H,13,14). The molecule has 0 aliphatic carbocycles. The second-order valence-electron chi connectivity index (χ2n) is 3.36. The molecule has 0 spiro atoms. The summed E-state index contributed by atoms with van der Waals surface area (Å²) in [4.78, 5) is 9.25. The number of nitrogens with zero attached hydrogens (tertiary/aromatic N) is 5. The van der Waals surface area contributed by atoms with Crippen molar-refractivity contribution < 1.29 is 0 Å². The second-order valence-corrected chi connectivity index (χ2v) is 3.36. The van der Waals surface area contributed by atoms with Crippen molar-refractivity contribution in [2.24, 2.45) is 21.7 Å². The minimum absolute atomic E-state index is 0.224. The van der Waals surface area contributed by atoms with E-state index in [1.54, 1.807) is 6.20 Å². The van der Waals surface area contributed by atoms with Gasteiger partial charge in [0, 0.05) is 24.8 Å². The maximum atomic E-state index is 7.40. The van der Waals surface area contributed by atoms with Gasteiger partial charge in [0.05, 0.1) is 0 Å². The van der Waals surface area contributed by atoms with Crippen LogP contribution in [-0.2, 0) is 0 Å². The van der Waals surface area contributed by atoms with Crippen LogP contribution in [0.25, 0.3) is 0 Å². The number of guanidine groups is 2. The molecule has 0 unspecified atom stereocenters. The zero-order valence-corrected chi connectivity index (χ0v) is 9.28. The van der Waals surface area contributed by atoms with Gasteiger partial charge in [-0.25, -0.2) is 4.98 Å². The van der Waals surface area contributed by atoms with Crippen LogP contribution in [0.5, 0.6) is 0 Å². The Labute approximate surface area is 102 Å². The Balaban J connectivity index is 2.20. The first-order valence-electron chi connectivity index (χ1n) is 4.93. The maximum Gasteiger partial charge on any atom is 0.246 e. The van der Waals surface area contributed by atoms with Crippen molar-refractivity contribution in [2.45, 2.75) is 6.29 Å². The molecule has 0 bridgehead atoms. The molecular formula is C8H12N10. The van der Waals surface area contributed by atoms with Crippen molar-refractivity contribution >= 4 is 17.9 Å². The Hall–Kier alpha value is -2.91. The van der Waals surface area contributed by atoms with Gasteiger partial charge in [-0.3, -0.25) is 20.6 Å². The number of hydrogen-bond donors (Lipinski definition) is 5. The molecule has 0 radical (unpaired) electrons. The van der Waals surface area contributed by atoms with E-state index in [0.29, 0.717) is 5.95 Å². The van der Waals surface area contributed by atoms with Crippen LogP contribution in [-0.4, -0.2) is 38.0 Å². The third-order valence-electron chi connectivity index (χ3n) is 2.18. The fraction of sp³-hybridized carbons (Fsp3) is 0.125. The minimum Gasteiger partial charge on any atom is -0.370 e. The molecule has 1 aliphatic heterocycles. The van der Waals surface area contributed by atoms with Crippen molar-refractivity contribution in [3.8, 4) is 0 Å². The number of rotatable bonds is 2. The number of nitrogens with two attached hydrogens (primary N) is 2. The monoisotopic (exact) mass is 248 g/mol. The third kappa shape index (κ3) is 2.11. The summed E-state index contributed by atoms with van der Waals surface area (Å²) in [6.45, 7) is 0. The van der Waals surface area contributed by atoms with E-state index in [2.05, 4.69) is 20.2 Å². The smallest absolute Gasteiger partial charge is 0.246 e. The van der Waals surface area contributed by atoms with Gasteiger partial charge in [-0.1, -0.05) is 0 Å². The largest absolute Gasteiger partial charge is 0.370 e. The van der Waals surface area contributed by atoms with Gasteiger partial charge < -0.3 is 16.5 Å². The third-order valence-corrected chi connectivity index (χ3v) is 2.18. The highest BCUT2D eigenvalue weighted by atomic mass is 15.5. The fourth-order valence-electron chi connectivity index (χ4n) is 1.37. The first kappa shape index (κ1) is 11.6. The van der Waals surface area contributed by atoms with Crippen molar-refractivity contribution in [1.29, 1.82) is 10.8 Å². The lowest BCUT2D eigenvalue weighted by atomic mass is 10.6. The SMILES string of the molecule is N=C(N)N1C=CN(C(=N)N)C1N=Nc1ncc[nH]1. The van der Waals surface area contributed by atoms with Gasteiger partial charge >= 0.3 is 0 Å². The molecule has 2 heterocycles. The predicted molar refractivity (Wildman–Crippen MR) is 63.5 cm³/mol. The van der Waals surface area contributed by atoms with Crippen LogP contribution in [0, 0.1) is 10.8 Å². The Morgan fingerprint density at radius 3 is 2.33 bits per heavy atom. The number of azo groups is 1. The molecule has 10 nitrogen and oxygen atoms in total. The molecule has 0 amide bonds. The van der Waals surface area contributed by atoms with E-state index in [0.717, 1.165) is 0 Å². The summed E-state index contributed by atoms with van der Waals surface area (Å²) < 4.78 is 0. The number of aromatic amines is 1. The average Bonchev–Trinajstić information content (AvgIpc) is 2.95. The van der Waals surface area contributed by atoms with Crippen LogP contribution >= 0.6 is 0 Å². The Morgan fingerprint density at radius 1 is 1.28 bits per heavy atom. The summed E-state index contributed by atoms with van der Waals surface area (Å²) in [5, 5.41) is 22.6. The molecule has 0 saturated carbocycles. The molecule has 18 heavy (non-hydrogen) atoms. The highest BCUT2D eigenvalue weighted by Crippen LogP contribution is 2.17. The highest BCUT2D eigenvalue weighted by Gasteiger charge is 2.29. The van der Waals surface area contributed by atoms with E-state index in [4.69, 9.17) is 22.3 Å². The van der Waals surface area contributed by atoms with Crippen LogP contribution in [0.3, 0.4) is 0 Å². The molecule has 94 valence electrons. The van der Waals surface area contributed by atoms with Gasteiger partial charge in [-0.2, -0.15) is 0 Å². The number of hydrogen-bond acceptors (Lipinski definition) is 5. The van der Waals surface area contributed by atoms with E-state index in [-0.39, 0.29) is 11.9 Å². The summed E-state index contributed by atoms with van der Waals surface area (Å²) in [6, 6.07) is 0. The molecule has 2 rings (SSSR count). The molecule has 0 fully saturated rings. The molecule has 10 heteroatoms. The molecule has 0 aromatic carbocycles. The maximum absolute atomic E-state index is 7.40. The van der Waals surface area contributed by atoms with Crippen LogP contribution in [0.2, 0.25) is 0 Å². The number of nitrogens with one attached hydrogen (secondary N) is 3. The molecule has 1 aliphatic rings. The van der Waals surface area contributed by atoms with Crippen molar-refractivity contribution in [1.82, 2.24) is 19.8 Å². The van der Waals surface area contributed by atoms with Crippen LogP contribution < -0.4 is 11.5 Å². The summed E-state index contributed by atoms with van der Waals surface area (Å²) in [6.07, 6.45) is 5.34. The van der Waals surface area contributed by atoms with E-state index in [1.165, 1.54) is 28.4 Å². The molecule has 1 aromatic rings. The lowest BCUT2D eigenvalue weighted by molar-refractivity contribution is 0.284. The van der Waals surface area contributed by atoms with Gasteiger partial charge in [-0.15, -0.1) is 10.2 Å². The van der Waals surface area contributed by atoms with Gasteiger partial charge in [0.1, 0.15) is 0 Å². The van der Waals surface area contributed by atoms with E-state index < -0.39 is 6.29 Å². The van der Waals surface area contributed by atoms with E-state index in [1.807, 2.05) is 0 Å². The van der Waals surface area contributed by atoms with Gasteiger partial charge in [0.2, 0.25) is 12.2 Å². The van der Waals surface area contributed by atoms with Crippen molar-refractivity contribution in [3.63, 3.8) is 0 Å². The average molecular weight is 248 g/mol. The zero-order chi connectivity index (χ0) is 13.1. The number of aromatic nitrogens is 2. The first-order valence-corrected chi connectivity index (χ1v) is 4.93. The molecule has 7 N–H and O–H groups in total. The number of H-pyrrole nitrogens is 1. The summed E-state index contributed by atoms with van der Waals surface area (Å²) in [7, 11) is 0. The molecule has 0 saturated heterocycles. The van der Waals surface area contributed by atoms with Crippen molar-refractivity contribution in [3.05, 3.63) is 24.8 Å². The Bertz CT molecular complexity index is 476. The van der Waals surface area contributed by atoms with E-state index in [9.17, 15) is 0 Å². The normalized spacial score (nSPS) is 18.8. The quantitative estimate of drug-likeness (QED) is 0.274. The Morgan fingerprint density at radius 2 is 1.89 bits per heavy atom. The predicted octanol–water partition coefficient (Wildman–Crippen LogP) is -0.347. The fourth-order valence-corrected chi connectivity index (χ4v) is 1.37. The van der Waals surface area contributed by atoms with Crippen molar-refractivity contribution in [2.75, 3.05) is 0 Å². The second kappa shape index (κ2) is 4.53. The lowest BCUT2D eigenvalue weighted by Crippen LogP contribution is -2.47. The lowest BCUT2D eigenvalue weighted by Gasteiger charge is -2.25. The van der Waals surface area contributed by atoms with E-state index >= 15 is 0 Å². The van der Waals surface area contributed by atoms with Crippen LogP contribution in [0.1, 0.15) is 0 Å². The highest BCUT2D eigenvalue weighted by molar-refractivity contribution is 5.80. The summed E-state index contributed by atoms with van der Waals surface area (Å²) in [5.41, 5.74) is 10.8.